The van der Waals surface area contributed by atoms with Crippen molar-refractivity contribution in [1.29, 1.82) is 0 Å². The van der Waals surface area contributed by atoms with Crippen molar-refractivity contribution in [2.75, 3.05) is 32.7 Å². The zero-order valence-corrected chi connectivity index (χ0v) is 16.0. The maximum atomic E-state index is 13.2. The Kier molecular flexibility index (Phi) is 5.71. The molecule has 0 aromatic carbocycles. The number of pyridine rings is 1. The van der Waals surface area contributed by atoms with E-state index < -0.39 is 0 Å². The molecule has 28 heavy (non-hydrogen) atoms. The highest BCUT2D eigenvalue weighted by atomic mass is 16.3. The Morgan fingerprint density at radius 2 is 1.93 bits per heavy atom. The van der Waals surface area contributed by atoms with E-state index in [0.29, 0.717) is 25.4 Å². The molecule has 2 amide bonds. The molecule has 1 unspecified atom stereocenters. The Labute approximate surface area is 164 Å². The fourth-order valence-corrected chi connectivity index (χ4v) is 4.06. The van der Waals surface area contributed by atoms with Gasteiger partial charge in [0.2, 0.25) is 5.91 Å². The molecule has 2 saturated heterocycles. The molecule has 0 N–H and O–H groups in total. The van der Waals surface area contributed by atoms with Gasteiger partial charge in [-0.1, -0.05) is 6.07 Å². The Bertz CT molecular complexity index is 785. The van der Waals surface area contributed by atoms with Crippen molar-refractivity contribution in [3.63, 3.8) is 0 Å². The lowest BCUT2D eigenvalue weighted by Crippen LogP contribution is -2.57. The summed E-state index contributed by atoms with van der Waals surface area (Å²) in [5, 5.41) is 0. The molecule has 0 spiro atoms. The lowest BCUT2D eigenvalue weighted by Gasteiger charge is -2.40. The van der Waals surface area contributed by atoms with Gasteiger partial charge in [0, 0.05) is 51.7 Å². The summed E-state index contributed by atoms with van der Waals surface area (Å²) in [6.07, 6.45) is 7.78. The van der Waals surface area contributed by atoms with Crippen molar-refractivity contribution in [2.45, 2.75) is 31.8 Å². The molecule has 148 valence electrons. The van der Waals surface area contributed by atoms with E-state index in [1.54, 1.807) is 23.2 Å². The molecule has 2 aliphatic rings. The van der Waals surface area contributed by atoms with Crippen LogP contribution in [-0.4, -0.2) is 70.3 Å². The summed E-state index contributed by atoms with van der Waals surface area (Å²) in [6, 6.07) is 7.01. The van der Waals surface area contributed by atoms with Gasteiger partial charge in [0.25, 0.3) is 5.91 Å². The molecular formula is C21H26N4O3. The summed E-state index contributed by atoms with van der Waals surface area (Å²) in [6.45, 7) is 4.51. The van der Waals surface area contributed by atoms with Crippen LogP contribution in [0.5, 0.6) is 0 Å². The van der Waals surface area contributed by atoms with Gasteiger partial charge in [0.15, 0.2) is 5.76 Å². The minimum Gasteiger partial charge on any atom is -0.459 e. The van der Waals surface area contributed by atoms with E-state index in [4.69, 9.17) is 4.42 Å². The van der Waals surface area contributed by atoms with Gasteiger partial charge in [-0.2, -0.15) is 0 Å². The van der Waals surface area contributed by atoms with Gasteiger partial charge >= 0.3 is 0 Å². The SMILES string of the molecule is O=C(C1CCCCN1C(=O)c1ccco1)N1CCN(Cc2cccnc2)CC1. The van der Waals surface area contributed by atoms with Gasteiger partial charge in [-0.15, -0.1) is 0 Å². The Morgan fingerprint density at radius 1 is 1.07 bits per heavy atom. The Hall–Kier alpha value is -2.67. The summed E-state index contributed by atoms with van der Waals surface area (Å²) in [4.78, 5) is 36.1. The molecule has 0 aliphatic carbocycles. The van der Waals surface area contributed by atoms with E-state index in [9.17, 15) is 9.59 Å². The second-order valence-corrected chi connectivity index (χ2v) is 7.45. The largest absolute Gasteiger partial charge is 0.459 e. The van der Waals surface area contributed by atoms with E-state index in [2.05, 4.69) is 16.0 Å². The number of carbonyl (C=O) groups excluding carboxylic acids is 2. The number of furan rings is 1. The maximum absolute atomic E-state index is 13.2. The predicted octanol–water partition coefficient (Wildman–Crippen LogP) is 2.01. The number of rotatable bonds is 4. The van der Waals surface area contributed by atoms with Crippen LogP contribution in [-0.2, 0) is 11.3 Å². The molecule has 0 radical (unpaired) electrons. The second kappa shape index (κ2) is 8.56. The number of hydrogen-bond acceptors (Lipinski definition) is 5. The maximum Gasteiger partial charge on any atom is 0.290 e. The van der Waals surface area contributed by atoms with Gasteiger partial charge in [0.05, 0.1) is 6.26 Å². The number of nitrogens with zero attached hydrogens (tertiary/aromatic N) is 4. The molecule has 0 bridgehead atoms. The van der Waals surface area contributed by atoms with Crippen molar-refractivity contribution >= 4 is 11.8 Å². The van der Waals surface area contributed by atoms with Crippen molar-refractivity contribution in [3.8, 4) is 0 Å². The third kappa shape index (κ3) is 4.09. The van der Waals surface area contributed by atoms with Crippen LogP contribution < -0.4 is 0 Å². The highest BCUT2D eigenvalue weighted by molar-refractivity contribution is 5.95. The minimum atomic E-state index is -0.378. The first kappa shape index (κ1) is 18.7. The fourth-order valence-electron chi connectivity index (χ4n) is 4.06. The number of piperazine rings is 1. The molecular weight excluding hydrogens is 356 g/mol. The van der Waals surface area contributed by atoms with Gasteiger partial charge in [0.1, 0.15) is 6.04 Å². The van der Waals surface area contributed by atoms with Crippen LogP contribution in [0.4, 0.5) is 0 Å². The predicted molar refractivity (Wildman–Crippen MR) is 103 cm³/mol. The number of amides is 2. The first-order valence-electron chi connectivity index (χ1n) is 9.97. The summed E-state index contributed by atoms with van der Waals surface area (Å²) in [5.41, 5.74) is 1.18. The third-order valence-corrected chi connectivity index (χ3v) is 5.59. The third-order valence-electron chi connectivity index (χ3n) is 5.59. The number of piperidine rings is 1. The summed E-state index contributed by atoms with van der Waals surface area (Å²) >= 11 is 0. The van der Waals surface area contributed by atoms with Crippen LogP contribution in [0.2, 0.25) is 0 Å². The fraction of sp³-hybridized carbons (Fsp3) is 0.476. The molecule has 7 nitrogen and oxygen atoms in total. The minimum absolute atomic E-state index is 0.0700. The molecule has 4 heterocycles. The van der Waals surface area contributed by atoms with Gasteiger partial charge in [-0.05, 0) is 43.0 Å². The zero-order valence-electron chi connectivity index (χ0n) is 16.0. The average Bonchev–Trinajstić information content (AvgIpc) is 3.29. The van der Waals surface area contributed by atoms with E-state index in [0.717, 1.165) is 38.9 Å². The first-order chi connectivity index (χ1) is 13.7. The lowest BCUT2D eigenvalue weighted by atomic mass is 10.00. The van der Waals surface area contributed by atoms with E-state index in [1.165, 1.54) is 11.8 Å². The standard InChI is InChI=1S/C21H26N4O3/c26-20(18-6-1-2-9-25(18)21(27)19-7-4-14-28-19)24-12-10-23(11-13-24)16-17-5-3-8-22-15-17/h3-5,7-8,14-15,18H,1-2,6,9-13,16H2. The molecule has 0 saturated carbocycles. The van der Waals surface area contributed by atoms with Crippen LogP contribution >= 0.6 is 0 Å². The van der Waals surface area contributed by atoms with Gasteiger partial charge in [-0.25, -0.2) is 0 Å². The van der Waals surface area contributed by atoms with Crippen molar-refractivity contribution in [3.05, 3.63) is 54.2 Å². The molecule has 2 aromatic rings. The first-order valence-corrected chi connectivity index (χ1v) is 9.97. The highest BCUT2D eigenvalue weighted by Crippen LogP contribution is 2.22. The number of carbonyl (C=O) groups is 2. The topological polar surface area (TPSA) is 69.9 Å². The summed E-state index contributed by atoms with van der Waals surface area (Å²) in [5.74, 6) is 0.194. The molecule has 1 atom stereocenters. The Morgan fingerprint density at radius 3 is 2.64 bits per heavy atom. The van der Waals surface area contributed by atoms with Gasteiger partial charge in [-0.3, -0.25) is 19.5 Å². The highest BCUT2D eigenvalue weighted by Gasteiger charge is 2.36. The van der Waals surface area contributed by atoms with Crippen molar-refractivity contribution in [2.24, 2.45) is 0 Å². The van der Waals surface area contributed by atoms with E-state index >= 15 is 0 Å². The van der Waals surface area contributed by atoms with Crippen LogP contribution in [0.1, 0.15) is 35.4 Å². The van der Waals surface area contributed by atoms with E-state index in [-0.39, 0.29) is 17.9 Å². The van der Waals surface area contributed by atoms with Crippen LogP contribution in [0.15, 0.2) is 47.3 Å². The molecule has 2 fully saturated rings. The van der Waals surface area contributed by atoms with Crippen LogP contribution in [0.25, 0.3) is 0 Å². The molecule has 7 heteroatoms. The smallest absolute Gasteiger partial charge is 0.290 e. The Balaban J connectivity index is 1.36. The lowest BCUT2D eigenvalue weighted by molar-refractivity contribution is -0.139. The number of aromatic nitrogens is 1. The summed E-state index contributed by atoms with van der Waals surface area (Å²) in [7, 11) is 0. The van der Waals surface area contributed by atoms with Crippen LogP contribution in [0.3, 0.4) is 0 Å². The molecule has 4 rings (SSSR count). The monoisotopic (exact) mass is 382 g/mol. The quantitative estimate of drug-likeness (QED) is 0.809. The van der Waals surface area contributed by atoms with Crippen molar-refractivity contribution in [1.82, 2.24) is 19.7 Å². The second-order valence-electron chi connectivity index (χ2n) is 7.45. The zero-order chi connectivity index (χ0) is 19.3. The number of hydrogen-bond donors (Lipinski definition) is 0. The van der Waals surface area contributed by atoms with Crippen LogP contribution in [0, 0.1) is 0 Å². The molecule has 2 aliphatic heterocycles. The molecule has 2 aromatic heterocycles. The van der Waals surface area contributed by atoms with Crippen molar-refractivity contribution < 1.29 is 14.0 Å². The average molecular weight is 382 g/mol. The van der Waals surface area contributed by atoms with Gasteiger partial charge < -0.3 is 14.2 Å². The summed E-state index contributed by atoms with van der Waals surface area (Å²) < 4.78 is 5.26. The normalized spacial score (nSPS) is 20.9. The van der Waals surface area contributed by atoms with E-state index in [1.807, 2.05) is 17.2 Å². The number of likely N-dealkylation sites (tertiary alicyclic amines) is 1.